The number of hydrogen-bond acceptors (Lipinski definition) is 4. The molecular weight excluding hydrogens is 324 g/mol. The minimum absolute atomic E-state index is 0.178. The molecule has 3 atom stereocenters. The molecule has 0 bridgehead atoms. The van der Waals surface area contributed by atoms with Gasteiger partial charge in [0, 0.05) is 55.7 Å². The van der Waals surface area contributed by atoms with Crippen molar-refractivity contribution in [3.8, 4) is 0 Å². The molecule has 2 saturated heterocycles. The number of aliphatic hydroxyl groups excluding tert-OH is 1. The lowest BCUT2D eigenvalue weighted by molar-refractivity contribution is 0.0444. The van der Waals surface area contributed by atoms with E-state index in [1.54, 1.807) is 6.20 Å². The Hall–Kier alpha value is -1.95. The molecule has 1 N–H and O–H groups in total. The van der Waals surface area contributed by atoms with Gasteiger partial charge in [-0.15, -0.1) is 0 Å². The average molecular weight is 352 g/mol. The maximum atomic E-state index is 10.1. The summed E-state index contributed by atoms with van der Waals surface area (Å²) in [6.07, 6.45) is 5.47. The Morgan fingerprint density at radius 2 is 2.04 bits per heavy atom. The molecule has 0 radical (unpaired) electrons. The normalized spacial score (nSPS) is 26.8. The van der Waals surface area contributed by atoms with Crippen molar-refractivity contribution in [1.29, 1.82) is 0 Å². The van der Waals surface area contributed by atoms with Crippen molar-refractivity contribution in [3.05, 3.63) is 59.9 Å². The maximum Gasteiger partial charge on any atom is 0.0682 e. The third kappa shape index (κ3) is 3.47. The lowest BCUT2D eigenvalue weighted by atomic mass is 9.99. The van der Waals surface area contributed by atoms with Gasteiger partial charge in [0.1, 0.15) is 0 Å². The first-order chi connectivity index (χ1) is 12.6. The van der Waals surface area contributed by atoms with Gasteiger partial charge in [0.25, 0.3) is 0 Å². The topological polar surface area (TPSA) is 44.5 Å². The first kappa shape index (κ1) is 17.5. The van der Waals surface area contributed by atoms with Crippen molar-refractivity contribution in [3.63, 3.8) is 0 Å². The van der Waals surface area contributed by atoms with Gasteiger partial charge >= 0.3 is 0 Å². The van der Waals surface area contributed by atoms with Gasteiger partial charge in [0.05, 0.1) is 12.3 Å². The summed E-state index contributed by atoms with van der Waals surface area (Å²) in [4.78, 5) is 5.07. The second kappa shape index (κ2) is 7.35. The first-order valence-corrected chi connectivity index (χ1v) is 9.49. The minimum Gasteiger partial charge on any atom is -0.392 e. The van der Waals surface area contributed by atoms with Crippen LogP contribution in [0.2, 0.25) is 0 Å². The second-order valence-corrected chi connectivity index (χ2v) is 7.65. The standard InChI is InChI=1S/C21H28N4O/c1-3-25-16(2)18(11-22-25)12-23-14-20-10-21(26)15-24(20)13-19(23)9-17-7-5-4-6-8-17/h3-8,11,19-21,26H,1,9-10,12-15H2,2H3/t19-,20+,21-/m1/s1. The molecule has 1 aromatic carbocycles. The number of benzene rings is 1. The highest BCUT2D eigenvalue weighted by molar-refractivity contribution is 5.26. The van der Waals surface area contributed by atoms with Crippen LogP contribution in [-0.2, 0) is 13.0 Å². The van der Waals surface area contributed by atoms with E-state index in [9.17, 15) is 5.11 Å². The van der Waals surface area contributed by atoms with E-state index in [1.165, 1.54) is 11.1 Å². The molecule has 0 aliphatic carbocycles. The minimum atomic E-state index is -0.178. The smallest absolute Gasteiger partial charge is 0.0682 e. The SMILES string of the molecule is C=Cn1ncc(CN2C[C@@H]3C[C@@H](O)CN3C[C@H]2Cc2ccccc2)c1C. The molecule has 5 nitrogen and oxygen atoms in total. The van der Waals surface area contributed by atoms with Gasteiger partial charge in [-0.3, -0.25) is 9.80 Å². The fraction of sp³-hybridized carbons (Fsp3) is 0.476. The molecule has 5 heteroatoms. The zero-order chi connectivity index (χ0) is 18.1. The van der Waals surface area contributed by atoms with E-state index in [-0.39, 0.29) is 6.10 Å². The quantitative estimate of drug-likeness (QED) is 0.896. The molecule has 2 fully saturated rings. The summed E-state index contributed by atoms with van der Waals surface area (Å²) in [6.45, 7) is 9.67. The number of aliphatic hydroxyl groups is 1. The highest BCUT2D eigenvalue weighted by atomic mass is 16.3. The predicted molar refractivity (Wildman–Crippen MR) is 104 cm³/mol. The van der Waals surface area contributed by atoms with Crippen LogP contribution >= 0.6 is 0 Å². The summed E-state index contributed by atoms with van der Waals surface area (Å²) in [5.41, 5.74) is 3.79. The van der Waals surface area contributed by atoms with Gasteiger partial charge in [0.2, 0.25) is 0 Å². The van der Waals surface area contributed by atoms with Crippen molar-refractivity contribution in [2.75, 3.05) is 19.6 Å². The Morgan fingerprint density at radius 1 is 1.23 bits per heavy atom. The highest BCUT2D eigenvalue weighted by Crippen LogP contribution is 2.28. The number of rotatable bonds is 5. The third-order valence-corrected chi connectivity index (χ3v) is 5.92. The van der Waals surface area contributed by atoms with Gasteiger partial charge in [0.15, 0.2) is 0 Å². The van der Waals surface area contributed by atoms with Crippen LogP contribution in [0.1, 0.15) is 23.2 Å². The zero-order valence-electron chi connectivity index (χ0n) is 15.5. The zero-order valence-corrected chi connectivity index (χ0v) is 15.5. The summed E-state index contributed by atoms with van der Waals surface area (Å²) in [5.74, 6) is 0. The fourth-order valence-corrected chi connectivity index (χ4v) is 4.47. The molecule has 26 heavy (non-hydrogen) atoms. The number of fused-ring (bicyclic) bond motifs is 1. The van der Waals surface area contributed by atoms with E-state index in [2.05, 4.69) is 58.7 Å². The Labute approximate surface area is 155 Å². The van der Waals surface area contributed by atoms with Gasteiger partial charge in [-0.05, 0) is 25.3 Å². The van der Waals surface area contributed by atoms with E-state index in [4.69, 9.17) is 0 Å². The van der Waals surface area contributed by atoms with Gasteiger partial charge in [-0.25, -0.2) is 4.68 Å². The van der Waals surface area contributed by atoms with Gasteiger partial charge < -0.3 is 5.11 Å². The molecule has 1 aromatic heterocycles. The molecule has 2 aliphatic heterocycles. The van der Waals surface area contributed by atoms with Gasteiger partial charge in [-0.2, -0.15) is 5.10 Å². The van der Waals surface area contributed by atoms with E-state index in [1.807, 2.05) is 10.9 Å². The molecule has 2 aliphatic rings. The number of piperazine rings is 1. The molecule has 0 amide bonds. The van der Waals surface area contributed by atoms with Crippen molar-refractivity contribution in [2.45, 2.75) is 44.5 Å². The summed E-state index contributed by atoms with van der Waals surface area (Å²) in [7, 11) is 0. The Bertz CT molecular complexity index is 757. The van der Waals surface area contributed by atoms with Crippen molar-refractivity contribution < 1.29 is 5.11 Å². The van der Waals surface area contributed by atoms with Crippen LogP contribution in [-0.4, -0.2) is 62.5 Å². The van der Waals surface area contributed by atoms with Crippen LogP contribution in [0.4, 0.5) is 0 Å². The van der Waals surface area contributed by atoms with E-state index in [0.717, 1.165) is 44.7 Å². The van der Waals surface area contributed by atoms with Crippen LogP contribution in [0.5, 0.6) is 0 Å². The molecule has 4 rings (SSSR count). The van der Waals surface area contributed by atoms with Crippen LogP contribution in [0.25, 0.3) is 6.20 Å². The lowest BCUT2D eigenvalue weighted by Crippen LogP contribution is -2.56. The Kier molecular flexibility index (Phi) is 4.94. The van der Waals surface area contributed by atoms with E-state index >= 15 is 0 Å². The molecule has 3 heterocycles. The van der Waals surface area contributed by atoms with E-state index in [0.29, 0.717) is 12.1 Å². The molecule has 0 spiro atoms. The molecule has 0 saturated carbocycles. The maximum absolute atomic E-state index is 10.1. The third-order valence-electron chi connectivity index (χ3n) is 5.92. The lowest BCUT2D eigenvalue weighted by Gasteiger charge is -2.43. The summed E-state index contributed by atoms with van der Waals surface area (Å²) in [6, 6.07) is 11.6. The molecule has 0 unspecified atom stereocenters. The molecule has 2 aromatic rings. The van der Waals surface area contributed by atoms with Crippen LogP contribution in [0.3, 0.4) is 0 Å². The van der Waals surface area contributed by atoms with Crippen LogP contribution in [0, 0.1) is 6.92 Å². The Balaban J connectivity index is 1.55. The summed E-state index contributed by atoms with van der Waals surface area (Å²) >= 11 is 0. The number of nitrogens with zero attached hydrogens (tertiary/aromatic N) is 4. The number of hydrogen-bond donors (Lipinski definition) is 1. The van der Waals surface area contributed by atoms with Crippen LogP contribution in [0.15, 0.2) is 43.1 Å². The number of aromatic nitrogens is 2. The first-order valence-electron chi connectivity index (χ1n) is 9.49. The van der Waals surface area contributed by atoms with Crippen molar-refractivity contribution in [2.24, 2.45) is 0 Å². The fourth-order valence-electron chi connectivity index (χ4n) is 4.47. The predicted octanol–water partition coefficient (Wildman–Crippen LogP) is 2.15. The molecule has 138 valence electrons. The van der Waals surface area contributed by atoms with Crippen LogP contribution < -0.4 is 0 Å². The molecular formula is C21H28N4O. The van der Waals surface area contributed by atoms with Crippen molar-refractivity contribution >= 4 is 6.20 Å². The van der Waals surface area contributed by atoms with Gasteiger partial charge in [-0.1, -0.05) is 36.9 Å². The summed E-state index contributed by atoms with van der Waals surface area (Å²) in [5, 5.41) is 14.5. The van der Waals surface area contributed by atoms with E-state index < -0.39 is 0 Å². The Morgan fingerprint density at radius 3 is 2.77 bits per heavy atom. The second-order valence-electron chi connectivity index (χ2n) is 7.65. The average Bonchev–Trinajstić information content (AvgIpc) is 3.17. The summed E-state index contributed by atoms with van der Waals surface area (Å²) < 4.78 is 1.84. The monoisotopic (exact) mass is 352 g/mol. The van der Waals surface area contributed by atoms with Crippen molar-refractivity contribution in [1.82, 2.24) is 19.6 Å². The largest absolute Gasteiger partial charge is 0.392 e. The highest BCUT2D eigenvalue weighted by Gasteiger charge is 2.39.